The number of imidazole rings is 1. The standard InChI is InChI=1S/C11H7FN4O5/c12-5-1-2-7(16(20)21)6(3-5)15-10(17)8-9(11(18)19)14-4-13-8/h1-4H,(H,13,14)(H,15,17)(H,18,19). The van der Waals surface area contributed by atoms with E-state index in [0.717, 1.165) is 24.5 Å². The summed E-state index contributed by atoms with van der Waals surface area (Å²) in [6.45, 7) is 0. The number of carboxylic acids is 1. The predicted octanol–water partition coefficient (Wildman–Crippen LogP) is 1.41. The molecule has 21 heavy (non-hydrogen) atoms. The number of benzene rings is 1. The fourth-order valence-electron chi connectivity index (χ4n) is 1.58. The zero-order valence-corrected chi connectivity index (χ0v) is 10.2. The Bertz CT molecular complexity index is 742. The molecule has 0 atom stereocenters. The second-order valence-corrected chi connectivity index (χ2v) is 3.80. The number of anilines is 1. The molecule has 0 unspecified atom stereocenters. The van der Waals surface area contributed by atoms with Gasteiger partial charge < -0.3 is 15.4 Å². The number of nitro benzene ring substituents is 1. The molecule has 1 heterocycles. The summed E-state index contributed by atoms with van der Waals surface area (Å²) in [4.78, 5) is 38.5. The van der Waals surface area contributed by atoms with Crippen LogP contribution in [-0.4, -0.2) is 31.9 Å². The highest BCUT2D eigenvalue weighted by molar-refractivity contribution is 6.09. The van der Waals surface area contributed by atoms with Crippen LogP contribution >= 0.6 is 0 Å². The number of carboxylic acid groups (broad SMARTS) is 1. The molecule has 0 radical (unpaired) electrons. The fraction of sp³-hybridized carbons (Fsp3) is 0. The molecule has 0 aliphatic heterocycles. The first-order valence-corrected chi connectivity index (χ1v) is 5.42. The Hall–Kier alpha value is -3.30. The van der Waals surface area contributed by atoms with Gasteiger partial charge in [0.15, 0.2) is 11.4 Å². The van der Waals surface area contributed by atoms with Gasteiger partial charge in [-0.05, 0) is 6.07 Å². The molecule has 0 fully saturated rings. The molecule has 1 aromatic heterocycles. The second-order valence-electron chi connectivity index (χ2n) is 3.80. The molecule has 0 spiro atoms. The number of amides is 1. The molecule has 10 heteroatoms. The minimum Gasteiger partial charge on any atom is -0.477 e. The number of aromatic amines is 1. The Morgan fingerprint density at radius 1 is 1.43 bits per heavy atom. The Balaban J connectivity index is 2.36. The Morgan fingerprint density at radius 3 is 2.76 bits per heavy atom. The Labute approximate surface area is 115 Å². The van der Waals surface area contributed by atoms with Crippen LogP contribution in [0.15, 0.2) is 24.5 Å². The van der Waals surface area contributed by atoms with E-state index in [2.05, 4.69) is 15.3 Å². The average Bonchev–Trinajstić information content (AvgIpc) is 2.87. The van der Waals surface area contributed by atoms with E-state index in [-0.39, 0.29) is 0 Å². The summed E-state index contributed by atoms with van der Waals surface area (Å²) in [6.07, 6.45) is 0.984. The van der Waals surface area contributed by atoms with Gasteiger partial charge >= 0.3 is 5.97 Å². The maximum absolute atomic E-state index is 13.1. The van der Waals surface area contributed by atoms with Crippen molar-refractivity contribution in [2.24, 2.45) is 0 Å². The molecule has 0 aliphatic rings. The van der Waals surface area contributed by atoms with Crippen molar-refractivity contribution in [2.45, 2.75) is 0 Å². The largest absolute Gasteiger partial charge is 0.477 e. The zero-order chi connectivity index (χ0) is 15.6. The van der Waals surface area contributed by atoms with Gasteiger partial charge in [-0.1, -0.05) is 0 Å². The highest BCUT2D eigenvalue weighted by Crippen LogP contribution is 2.25. The quantitative estimate of drug-likeness (QED) is 0.575. The van der Waals surface area contributed by atoms with Crippen molar-refractivity contribution in [2.75, 3.05) is 5.32 Å². The maximum atomic E-state index is 13.1. The summed E-state index contributed by atoms with van der Waals surface area (Å²) in [6, 6.07) is 2.50. The first-order valence-electron chi connectivity index (χ1n) is 5.42. The third kappa shape index (κ3) is 2.83. The van der Waals surface area contributed by atoms with Crippen molar-refractivity contribution < 1.29 is 24.0 Å². The number of hydrogen-bond acceptors (Lipinski definition) is 5. The van der Waals surface area contributed by atoms with Crippen LogP contribution in [0.4, 0.5) is 15.8 Å². The summed E-state index contributed by atoms with van der Waals surface area (Å²) in [5, 5.41) is 21.7. The first-order chi connectivity index (χ1) is 9.90. The van der Waals surface area contributed by atoms with Crippen molar-refractivity contribution in [3.63, 3.8) is 0 Å². The predicted molar refractivity (Wildman–Crippen MR) is 66.6 cm³/mol. The lowest BCUT2D eigenvalue weighted by Crippen LogP contribution is -2.17. The van der Waals surface area contributed by atoms with Gasteiger partial charge in [-0.2, -0.15) is 0 Å². The maximum Gasteiger partial charge on any atom is 0.354 e. The number of nitrogens with zero attached hydrogens (tertiary/aromatic N) is 2. The third-order valence-corrected chi connectivity index (χ3v) is 2.47. The number of nitrogens with one attached hydrogen (secondary N) is 2. The van der Waals surface area contributed by atoms with Gasteiger partial charge in [0.1, 0.15) is 11.5 Å². The zero-order valence-electron chi connectivity index (χ0n) is 10.2. The van der Waals surface area contributed by atoms with Gasteiger partial charge in [0.2, 0.25) is 0 Å². The summed E-state index contributed by atoms with van der Waals surface area (Å²) in [5.74, 6) is -3.23. The van der Waals surface area contributed by atoms with E-state index >= 15 is 0 Å². The molecule has 0 bridgehead atoms. The molecule has 1 aromatic carbocycles. The van der Waals surface area contributed by atoms with Gasteiger partial charge in [-0.15, -0.1) is 0 Å². The molecule has 0 saturated carbocycles. The van der Waals surface area contributed by atoms with Gasteiger partial charge in [0.25, 0.3) is 11.6 Å². The number of hydrogen-bond donors (Lipinski definition) is 3. The van der Waals surface area contributed by atoms with Crippen LogP contribution in [-0.2, 0) is 0 Å². The molecule has 0 aliphatic carbocycles. The number of rotatable bonds is 4. The van der Waals surface area contributed by atoms with Gasteiger partial charge in [-0.25, -0.2) is 14.2 Å². The molecule has 108 valence electrons. The van der Waals surface area contributed by atoms with Crippen molar-refractivity contribution >= 4 is 23.3 Å². The summed E-state index contributed by atoms with van der Waals surface area (Å²) >= 11 is 0. The lowest BCUT2D eigenvalue weighted by Gasteiger charge is -2.05. The summed E-state index contributed by atoms with van der Waals surface area (Å²) in [5.41, 5.74) is -1.88. The normalized spacial score (nSPS) is 10.1. The van der Waals surface area contributed by atoms with Crippen molar-refractivity contribution in [3.8, 4) is 0 Å². The van der Waals surface area contributed by atoms with Crippen LogP contribution in [0.3, 0.4) is 0 Å². The number of carbonyl (C=O) groups is 2. The van der Waals surface area contributed by atoms with Gasteiger partial charge in [0, 0.05) is 12.1 Å². The van der Waals surface area contributed by atoms with E-state index < -0.39 is 45.4 Å². The van der Waals surface area contributed by atoms with Crippen molar-refractivity contribution in [1.82, 2.24) is 9.97 Å². The molecule has 9 nitrogen and oxygen atoms in total. The molecular formula is C11H7FN4O5. The molecule has 2 rings (SSSR count). The van der Waals surface area contributed by atoms with Gasteiger partial charge in [0.05, 0.1) is 11.3 Å². The highest BCUT2D eigenvalue weighted by Gasteiger charge is 2.23. The molecule has 1 amide bonds. The smallest absolute Gasteiger partial charge is 0.354 e. The number of aromatic carboxylic acids is 1. The van der Waals surface area contributed by atoms with Crippen LogP contribution in [0.5, 0.6) is 0 Å². The molecule has 3 N–H and O–H groups in total. The SMILES string of the molecule is O=C(Nc1cc(F)ccc1[N+](=O)[O-])c1nc[nH]c1C(=O)O. The summed E-state index contributed by atoms with van der Waals surface area (Å²) in [7, 11) is 0. The Morgan fingerprint density at radius 2 is 2.14 bits per heavy atom. The molecule has 0 saturated heterocycles. The van der Waals surface area contributed by atoms with E-state index in [1.807, 2.05) is 0 Å². The topological polar surface area (TPSA) is 138 Å². The number of H-pyrrole nitrogens is 1. The van der Waals surface area contributed by atoms with E-state index in [1.165, 1.54) is 0 Å². The lowest BCUT2D eigenvalue weighted by molar-refractivity contribution is -0.384. The number of halogens is 1. The molecule has 2 aromatic rings. The van der Waals surface area contributed by atoms with Gasteiger partial charge in [-0.3, -0.25) is 14.9 Å². The van der Waals surface area contributed by atoms with Crippen LogP contribution in [0, 0.1) is 15.9 Å². The molecular weight excluding hydrogens is 287 g/mol. The number of aromatic nitrogens is 2. The Kier molecular flexibility index (Phi) is 3.61. The van der Waals surface area contributed by atoms with Crippen LogP contribution in [0.25, 0.3) is 0 Å². The highest BCUT2D eigenvalue weighted by atomic mass is 19.1. The van der Waals surface area contributed by atoms with E-state index in [1.54, 1.807) is 0 Å². The lowest BCUT2D eigenvalue weighted by atomic mass is 10.2. The van der Waals surface area contributed by atoms with Crippen molar-refractivity contribution in [3.05, 3.63) is 51.8 Å². The third-order valence-electron chi connectivity index (χ3n) is 2.47. The van der Waals surface area contributed by atoms with Crippen LogP contribution in [0.2, 0.25) is 0 Å². The first kappa shape index (κ1) is 14.1. The second kappa shape index (κ2) is 5.36. The van der Waals surface area contributed by atoms with E-state index in [9.17, 15) is 24.1 Å². The van der Waals surface area contributed by atoms with Crippen LogP contribution in [0.1, 0.15) is 21.0 Å². The average molecular weight is 294 g/mol. The van der Waals surface area contributed by atoms with E-state index in [4.69, 9.17) is 5.11 Å². The number of carbonyl (C=O) groups excluding carboxylic acids is 1. The fourth-order valence-corrected chi connectivity index (χ4v) is 1.58. The minimum atomic E-state index is -1.42. The number of nitro groups is 1. The monoisotopic (exact) mass is 294 g/mol. The minimum absolute atomic E-state index is 0.399. The van der Waals surface area contributed by atoms with Crippen LogP contribution < -0.4 is 5.32 Å². The van der Waals surface area contributed by atoms with Crippen molar-refractivity contribution in [1.29, 1.82) is 0 Å². The van der Waals surface area contributed by atoms with E-state index in [0.29, 0.717) is 0 Å². The summed E-state index contributed by atoms with van der Waals surface area (Å²) < 4.78 is 13.1.